The Balaban J connectivity index is 2.03. The molecule has 19 heavy (non-hydrogen) atoms. The van der Waals surface area contributed by atoms with Crippen LogP contribution in [-0.4, -0.2) is 19.5 Å². The van der Waals surface area contributed by atoms with Crippen molar-refractivity contribution in [3.05, 3.63) is 52.8 Å². The summed E-state index contributed by atoms with van der Waals surface area (Å²) >= 11 is 3.36. The number of halogens is 1. The fourth-order valence-corrected chi connectivity index (χ4v) is 3.05. The van der Waals surface area contributed by atoms with Crippen LogP contribution in [0.5, 0.6) is 0 Å². The molecule has 0 bridgehead atoms. The Morgan fingerprint density at radius 3 is 2.58 bits per heavy atom. The SMILES string of the molecule is Cc1cc(S(=O)(=O)NCCn2cccc2)ccc1Br. The van der Waals surface area contributed by atoms with Gasteiger partial charge in [-0.2, -0.15) is 0 Å². The van der Waals surface area contributed by atoms with E-state index in [0.717, 1.165) is 10.0 Å². The van der Waals surface area contributed by atoms with Gasteiger partial charge in [-0.15, -0.1) is 0 Å². The maximum absolute atomic E-state index is 12.1. The van der Waals surface area contributed by atoms with E-state index in [4.69, 9.17) is 0 Å². The summed E-state index contributed by atoms with van der Waals surface area (Å²) in [7, 11) is -3.44. The lowest BCUT2D eigenvalue weighted by Gasteiger charge is -2.08. The Kier molecular flexibility index (Phi) is 4.44. The number of hydrogen-bond acceptors (Lipinski definition) is 2. The molecule has 0 spiro atoms. The molecule has 1 heterocycles. The highest BCUT2D eigenvalue weighted by Gasteiger charge is 2.13. The van der Waals surface area contributed by atoms with E-state index in [9.17, 15) is 8.42 Å². The zero-order valence-electron chi connectivity index (χ0n) is 10.5. The summed E-state index contributed by atoms with van der Waals surface area (Å²) in [5.74, 6) is 0. The molecule has 0 fully saturated rings. The van der Waals surface area contributed by atoms with E-state index < -0.39 is 10.0 Å². The summed E-state index contributed by atoms with van der Waals surface area (Å²) in [6.45, 7) is 2.84. The molecular formula is C13H15BrN2O2S. The zero-order chi connectivity index (χ0) is 13.9. The number of benzene rings is 1. The third kappa shape index (κ3) is 3.68. The summed E-state index contributed by atoms with van der Waals surface area (Å²) in [6.07, 6.45) is 3.80. The van der Waals surface area contributed by atoms with E-state index in [-0.39, 0.29) is 0 Å². The molecule has 6 heteroatoms. The van der Waals surface area contributed by atoms with Crippen LogP contribution in [0.25, 0.3) is 0 Å². The number of hydrogen-bond donors (Lipinski definition) is 1. The van der Waals surface area contributed by atoms with Crippen molar-refractivity contribution in [3.8, 4) is 0 Å². The first kappa shape index (κ1) is 14.3. The van der Waals surface area contributed by atoms with Crippen molar-refractivity contribution in [2.24, 2.45) is 0 Å². The Morgan fingerprint density at radius 2 is 1.95 bits per heavy atom. The van der Waals surface area contributed by atoms with Gasteiger partial charge in [0.2, 0.25) is 10.0 Å². The predicted molar refractivity (Wildman–Crippen MR) is 78.5 cm³/mol. The van der Waals surface area contributed by atoms with Crippen LogP contribution in [0.15, 0.2) is 52.1 Å². The first-order chi connectivity index (χ1) is 8.99. The molecule has 0 aliphatic carbocycles. The second-order valence-electron chi connectivity index (χ2n) is 4.23. The molecule has 2 rings (SSSR count). The fraction of sp³-hybridized carbons (Fsp3) is 0.231. The number of rotatable bonds is 5. The van der Waals surface area contributed by atoms with Gasteiger partial charge in [-0.3, -0.25) is 0 Å². The van der Waals surface area contributed by atoms with Crippen LogP contribution in [-0.2, 0) is 16.6 Å². The molecule has 102 valence electrons. The third-order valence-corrected chi connectivity index (χ3v) is 5.12. The summed E-state index contributed by atoms with van der Waals surface area (Å²) in [5, 5.41) is 0. The van der Waals surface area contributed by atoms with E-state index in [0.29, 0.717) is 18.0 Å². The van der Waals surface area contributed by atoms with Crippen molar-refractivity contribution >= 4 is 26.0 Å². The summed E-state index contributed by atoms with van der Waals surface area (Å²) in [4.78, 5) is 0.292. The average molecular weight is 343 g/mol. The highest BCUT2D eigenvalue weighted by molar-refractivity contribution is 9.10. The van der Waals surface area contributed by atoms with Gasteiger partial charge < -0.3 is 4.57 Å². The molecule has 0 aliphatic heterocycles. The highest BCUT2D eigenvalue weighted by Crippen LogP contribution is 2.19. The maximum atomic E-state index is 12.1. The smallest absolute Gasteiger partial charge is 0.240 e. The second kappa shape index (κ2) is 5.90. The normalized spacial score (nSPS) is 11.7. The zero-order valence-corrected chi connectivity index (χ0v) is 12.9. The summed E-state index contributed by atoms with van der Waals surface area (Å²) < 4.78 is 29.6. The number of nitrogens with zero attached hydrogens (tertiary/aromatic N) is 1. The number of aryl methyl sites for hydroxylation is 1. The maximum Gasteiger partial charge on any atom is 0.240 e. The van der Waals surface area contributed by atoms with Crippen molar-refractivity contribution in [1.82, 2.24) is 9.29 Å². The van der Waals surface area contributed by atoms with Gasteiger partial charge in [0.1, 0.15) is 0 Å². The Labute approximate surface area is 121 Å². The van der Waals surface area contributed by atoms with Gasteiger partial charge in [0.05, 0.1) is 4.90 Å². The van der Waals surface area contributed by atoms with Crippen molar-refractivity contribution in [2.75, 3.05) is 6.54 Å². The topological polar surface area (TPSA) is 51.1 Å². The monoisotopic (exact) mass is 342 g/mol. The van der Waals surface area contributed by atoms with Gasteiger partial charge >= 0.3 is 0 Å². The first-order valence-corrected chi connectivity index (χ1v) is 8.13. The van der Waals surface area contributed by atoms with Crippen LogP contribution in [0.3, 0.4) is 0 Å². The molecule has 0 amide bonds. The van der Waals surface area contributed by atoms with E-state index in [1.807, 2.05) is 36.0 Å². The molecule has 0 unspecified atom stereocenters. The summed E-state index contributed by atoms with van der Waals surface area (Å²) in [5.41, 5.74) is 0.897. The minimum Gasteiger partial charge on any atom is -0.353 e. The first-order valence-electron chi connectivity index (χ1n) is 5.85. The quantitative estimate of drug-likeness (QED) is 0.907. The molecule has 0 radical (unpaired) electrons. The molecule has 1 N–H and O–H groups in total. The van der Waals surface area contributed by atoms with E-state index >= 15 is 0 Å². The largest absolute Gasteiger partial charge is 0.353 e. The molecule has 0 aliphatic rings. The van der Waals surface area contributed by atoms with Gasteiger partial charge in [-0.1, -0.05) is 15.9 Å². The van der Waals surface area contributed by atoms with Crippen molar-refractivity contribution in [3.63, 3.8) is 0 Å². The van der Waals surface area contributed by atoms with Crippen LogP contribution in [0.1, 0.15) is 5.56 Å². The van der Waals surface area contributed by atoms with Gasteiger partial charge in [0.15, 0.2) is 0 Å². The van der Waals surface area contributed by atoms with Crippen LogP contribution >= 0.6 is 15.9 Å². The van der Waals surface area contributed by atoms with E-state index in [1.54, 1.807) is 18.2 Å². The Hall–Kier alpha value is -1.11. The van der Waals surface area contributed by atoms with E-state index in [1.165, 1.54) is 0 Å². The standard InChI is InChI=1S/C13H15BrN2O2S/c1-11-10-12(4-5-13(11)14)19(17,18)15-6-9-16-7-2-3-8-16/h2-5,7-8,10,15H,6,9H2,1H3. The molecule has 4 nitrogen and oxygen atoms in total. The van der Waals surface area contributed by atoms with Gasteiger partial charge in [-0.25, -0.2) is 13.1 Å². The van der Waals surface area contributed by atoms with Crippen molar-refractivity contribution in [1.29, 1.82) is 0 Å². The highest BCUT2D eigenvalue weighted by atomic mass is 79.9. The number of sulfonamides is 1. The molecule has 2 aromatic rings. The van der Waals surface area contributed by atoms with Gasteiger partial charge in [0.25, 0.3) is 0 Å². The molecule has 0 atom stereocenters. The van der Waals surface area contributed by atoms with Crippen LogP contribution in [0.4, 0.5) is 0 Å². The summed E-state index contributed by atoms with van der Waals surface area (Å²) in [6, 6.07) is 8.81. The fourth-order valence-electron chi connectivity index (χ4n) is 1.70. The molecule has 1 aromatic carbocycles. The minimum absolute atomic E-state index is 0.292. The lowest BCUT2D eigenvalue weighted by atomic mass is 10.2. The third-order valence-electron chi connectivity index (χ3n) is 2.77. The Morgan fingerprint density at radius 1 is 1.26 bits per heavy atom. The van der Waals surface area contributed by atoms with Crippen LogP contribution in [0, 0.1) is 6.92 Å². The number of aromatic nitrogens is 1. The lowest BCUT2D eigenvalue weighted by molar-refractivity contribution is 0.573. The van der Waals surface area contributed by atoms with Gasteiger partial charge in [0, 0.05) is 30.0 Å². The molecular weight excluding hydrogens is 328 g/mol. The average Bonchev–Trinajstić information content (AvgIpc) is 2.85. The lowest BCUT2D eigenvalue weighted by Crippen LogP contribution is -2.27. The van der Waals surface area contributed by atoms with Gasteiger partial charge in [-0.05, 0) is 42.8 Å². The molecule has 0 saturated carbocycles. The Bertz CT molecular complexity index is 651. The number of nitrogens with one attached hydrogen (secondary N) is 1. The van der Waals surface area contributed by atoms with Crippen LogP contribution in [0.2, 0.25) is 0 Å². The van der Waals surface area contributed by atoms with Crippen molar-refractivity contribution < 1.29 is 8.42 Å². The minimum atomic E-state index is -3.44. The second-order valence-corrected chi connectivity index (χ2v) is 6.85. The van der Waals surface area contributed by atoms with E-state index in [2.05, 4.69) is 20.7 Å². The van der Waals surface area contributed by atoms with Crippen LogP contribution < -0.4 is 4.72 Å². The van der Waals surface area contributed by atoms with Crippen molar-refractivity contribution in [2.45, 2.75) is 18.4 Å². The predicted octanol–water partition coefficient (Wildman–Crippen LogP) is 2.54. The molecule has 1 aromatic heterocycles. The molecule has 0 saturated heterocycles.